The first kappa shape index (κ1) is 12.3. The van der Waals surface area contributed by atoms with Gasteiger partial charge in [-0.1, -0.05) is 45.2 Å². The van der Waals surface area contributed by atoms with Crippen LogP contribution in [0.3, 0.4) is 0 Å². The second kappa shape index (κ2) is 4.80. The fraction of sp³-hybridized carbons (Fsp3) is 0.571. The first-order chi connectivity index (χ1) is 7.12. The van der Waals surface area contributed by atoms with Gasteiger partial charge in [-0.3, -0.25) is 4.90 Å². The smallest absolute Gasteiger partial charge is 0.0488 e. The van der Waals surface area contributed by atoms with E-state index in [0.717, 1.165) is 18.5 Å². The first-order valence-corrected chi connectivity index (χ1v) is 5.84. The molecule has 0 N–H and O–H groups in total. The monoisotopic (exact) mass is 205 g/mol. The highest BCUT2D eigenvalue weighted by atomic mass is 15.2. The van der Waals surface area contributed by atoms with Crippen molar-refractivity contribution in [3.63, 3.8) is 0 Å². The van der Waals surface area contributed by atoms with E-state index < -0.39 is 0 Å². The van der Waals surface area contributed by atoms with Gasteiger partial charge >= 0.3 is 0 Å². The Hall–Kier alpha value is -0.820. The molecule has 1 nitrogen and oxygen atoms in total. The highest BCUT2D eigenvalue weighted by Gasteiger charge is 2.43. The van der Waals surface area contributed by atoms with Gasteiger partial charge in [0, 0.05) is 11.5 Å². The zero-order valence-electron chi connectivity index (χ0n) is 10.3. The van der Waals surface area contributed by atoms with Gasteiger partial charge in [0.2, 0.25) is 0 Å². The van der Waals surface area contributed by atoms with Crippen molar-refractivity contribution in [3.05, 3.63) is 37.0 Å². The van der Waals surface area contributed by atoms with E-state index in [1.165, 1.54) is 6.42 Å². The molecule has 0 bridgehead atoms. The summed E-state index contributed by atoms with van der Waals surface area (Å²) in [6, 6.07) is 0. The van der Waals surface area contributed by atoms with Crippen LogP contribution in [0.25, 0.3) is 0 Å². The highest BCUT2D eigenvalue weighted by molar-refractivity contribution is 5.37. The van der Waals surface area contributed by atoms with Crippen molar-refractivity contribution in [2.75, 3.05) is 13.6 Å². The van der Waals surface area contributed by atoms with Gasteiger partial charge in [-0.05, 0) is 32.0 Å². The first-order valence-electron chi connectivity index (χ1n) is 5.84. The van der Waals surface area contributed by atoms with Gasteiger partial charge in [0.15, 0.2) is 0 Å². The Morgan fingerprint density at radius 1 is 1.53 bits per heavy atom. The molecule has 0 amide bonds. The molecule has 1 aliphatic carbocycles. The molecule has 1 aliphatic rings. The molecular formula is C14H23N. The Balaban J connectivity index is 2.83. The minimum absolute atomic E-state index is 0.196. The molecule has 15 heavy (non-hydrogen) atoms. The molecule has 2 unspecified atom stereocenters. The highest BCUT2D eigenvalue weighted by Crippen LogP contribution is 2.42. The van der Waals surface area contributed by atoms with Gasteiger partial charge in [0.05, 0.1) is 0 Å². The lowest BCUT2D eigenvalue weighted by Crippen LogP contribution is -2.54. The van der Waals surface area contributed by atoms with Crippen molar-refractivity contribution in [1.82, 2.24) is 4.90 Å². The van der Waals surface area contributed by atoms with Crippen LogP contribution in [0.1, 0.15) is 26.7 Å². The van der Waals surface area contributed by atoms with Crippen molar-refractivity contribution >= 4 is 0 Å². The zero-order valence-corrected chi connectivity index (χ0v) is 10.3. The van der Waals surface area contributed by atoms with Gasteiger partial charge in [-0.2, -0.15) is 0 Å². The third-order valence-corrected chi connectivity index (χ3v) is 3.61. The lowest BCUT2D eigenvalue weighted by atomic mass is 9.68. The maximum Gasteiger partial charge on any atom is 0.0488 e. The number of hydrogen-bond acceptors (Lipinski definition) is 1. The molecular weight excluding hydrogens is 182 g/mol. The van der Waals surface area contributed by atoms with Gasteiger partial charge in [0.25, 0.3) is 0 Å². The number of likely N-dealkylation sites (N-methyl/N-ethyl adjacent to an activating group) is 1. The van der Waals surface area contributed by atoms with Crippen LogP contribution >= 0.6 is 0 Å². The summed E-state index contributed by atoms with van der Waals surface area (Å²) >= 11 is 0. The van der Waals surface area contributed by atoms with Crippen LogP contribution in [-0.4, -0.2) is 24.0 Å². The summed E-state index contributed by atoms with van der Waals surface area (Å²) in [6.07, 6.45) is 8.79. The van der Waals surface area contributed by atoms with Crippen molar-refractivity contribution in [3.8, 4) is 0 Å². The lowest BCUT2D eigenvalue weighted by molar-refractivity contribution is 0.111. The van der Waals surface area contributed by atoms with E-state index in [1.54, 1.807) is 0 Å². The van der Waals surface area contributed by atoms with Crippen LogP contribution in [0.4, 0.5) is 0 Å². The molecule has 0 saturated heterocycles. The molecule has 0 saturated carbocycles. The Bertz CT molecular complexity index is 277. The maximum atomic E-state index is 4.08. The van der Waals surface area contributed by atoms with E-state index in [0.29, 0.717) is 5.92 Å². The van der Waals surface area contributed by atoms with Crippen LogP contribution in [-0.2, 0) is 0 Å². The van der Waals surface area contributed by atoms with Crippen LogP contribution in [0, 0.1) is 5.92 Å². The average molecular weight is 205 g/mol. The van der Waals surface area contributed by atoms with Gasteiger partial charge < -0.3 is 0 Å². The Morgan fingerprint density at radius 3 is 2.53 bits per heavy atom. The van der Waals surface area contributed by atoms with E-state index in [-0.39, 0.29) is 5.54 Å². The topological polar surface area (TPSA) is 3.24 Å². The van der Waals surface area contributed by atoms with E-state index in [2.05, 4.69) is 51.1 Å². The van der Waals surface area contributed by atoms with Gasteiger partial charge in [0.1, 0.15) is 0 Å². The fourth-order valence-corrected chi connectivity index (χ4v) is 2.50. The normalized spacial score (nSPS) is 28.9. The largest absolute Gasteiger partial charge is 0.296 e. The minimum Gasteiger partial charge on any atom is -0.296 e. The van der Waals surface area contributed by atoms with Crippen LogP contribution < -0.4 is 0 Å². The van der Waals surface area contributed by atoms with Crippen LogP contribution in [0.5, 0.6) is 0 Å². The van der Waals surface area contributed by atoms with Crippen molar-refractivity contribution in [1.29, 1.82) is 0 Å². The predicted molar refractivity (Wildman–Crippen MR) is 67.9 cm³/mol. The Labute approximate surface area is 94.2 Å². The van der Waals surface area contributed by atoms with E-state index in [4.69, 9.17) is 0 Å². The second-order valence-electron chi connectivity index (χ2n) is 4.38. The van der Waals surface area contributed by atoms with E-state index >= 15 is 0 Å². The maximum absolute atomic E-state index is 4.08. The Kier molecular flexibility index (Phi) is 3.92. The molecule has 0 aromatic carbocycles. The summed E-state index contributed by atoms with van der Waals surface area (Å²) in [7, 11) is 2.21. The fourth-order valence-electron chi connectivity index (χ4n) is 2.50. The molecule has 0 fully saturated rings. The summed E-state index contributed by atoms with van der Waals surface area (Å²) in [5.41, 5.74) is 1.34. The number of rotatable bonds is 6. The molecule has 1 rings (SSSR count). The second-order valence-corrected chi connectivity index (χ2v) is 4.38. The lowest BCUT2D eigenvalue weighted by Gasteiger charge is -2.50. The molecule has 1 heteroatoms. The van der Waals surface area contributed by atoms with Crippen molar-refractivity contribution < 1.29 is 0 Å². The van der Waals surface area contributed by atoms with E-state index in [9.17, 15) is 0 Å². The molecule has 2 atom stereocenters. The predicted octanol–water partition coefficient (Wildman–Crippen LogP) is 3.41. The summed E-state index contributed by atoms with van der Waals surface area (Å²) in [4.78, 5) is 2.45. The summed E-state index contributed by atoms with van der Waals surface area (Å²) in [6.45, 7) is 13.5. The van der Waals surface area contributed by atoms with Gasteiger partial charge in [-0.25, -0.2) is 0 Å². The third kappa shape index (κ3) is 1.93. The number of hydrogen-bond donors (Lipinski definition) is 0. The number of allylic oxidation sites excluding steroid dienone is 1. The minimum atomic E-state index is 0.196. The van der Waals surface area contributed by atoms with E-state index in [1.807, 2.05) is 6.08 Å². The van der Waals surface area contributed by atoms with Crippen LogP contribution in [0.2, 0.25) is 0 Å². The number of nitrogens with zero attached hydrogens (tertiary/aromatic N) is 1. The zero-order chi connectivity index (χ0) is 11.5. The summed E-state index contributed by atoms with van der Waals surface area (Å²) < 4.78 is 0. The third-order valence-electron chi connectivity index (χ3n) is 3.61. The molecule has 0 spiro atoms. The SMILES string of the molecule is C=CC(=C)C1C=CC1(CC)N(C)CCC. The molecule has 0 aromatic heterocycles. The molecule has 84 valence electrons. The standard InChI is InChI=1S/C14H23N/c1-6-11-15(5)14(8-3)10-9-13(14)12(4)7-2/h7,9-10,13H,2,4,6,8,11H2,1,3,5H3. The van der Waals surface area contributed by atoms with Crippen LogP contribution in [0.15, 0.2) is 37.0 Å². The molecule has 0 heterocycles. The van der Waals surface area contributed by atoms with Crippen molar-refractivity contribution in [2.45, 2.75) is 32.2 Å². The average Bonchev–Trinajstić information content (AvgIpc) is 2.18. The quantitative estimate of drug-likeness (QED) is 0.474. The van der Waals surface area contributed by atoms with Crippen molar-refractivity contribution in [2.24, 2.45) is 5.92 Å². The molecule has 0 radical (unpaired) electrons. The Morgan fingerprint density at radius 2 is 2.20 bits per heavy atom. The summed E-state index contributed by atoms with van der Waals surface area (Å²) in [5.74, 6) is 0.455. The molecule has 0 aromatic rings. The molecule has 0 aliphatic heterocycles. The van der Waals surface area contributed by atoms with Gasteiger partial charge in [-0.15, -0.1) is 0 Å². The summed E-state index contributed by atoms with van der Waals surface area (Å²) in [5, 5.41) is 0.